The van der Waals surface area contributed by atoms with Crippen molar-refractivity contribution in [2.45, 2.75) is 33.7 Å². The minimum atomic E-state index is -0.103. The average molecular weight is 322 g/mol. The van der Waals surface area contributed by atoms with Gasteiger partial charge in [0, 0.05) is 13.1 Å². The fraction of sp³-hybridized carbons (Fsp3) is 0.529. The highest BCUT2D eigenvalue weighted by atomic mass is 16.3. The van der Waals surface area contributed by atoms with Gasteiger partial charge in [-0.25, -0.2) is 0 Å². The zero-order chi connectivity index (χ0) is 17.4. The molecule has 23 heavy (non-hydrogen) atoms. The molecule has 0 aliphatic carbocycles. The number of amides is 2. The molecule has 0 saturated carbocycles. The number of likely N-dealkylation sites (N-methyl/N-ethyl adjacent to an activating group) is 1. The third kappa shape index (κ3) is 6.69. The second kappa shape index (κ2) is 9.15. The lowest BCUT2D eigenvalue weighted by Gasteiger charge is -2.14. The van der Waals surface area contributed by atoms with Crippen molar-refractivity contribution in [1.82, 2.24) is 10.6 Å². The first-order valence-electron chi connectivity index (χ1n) is 7.97. The van der Waals surface area contributed by atoms with Crippen LogP contribution in [-0.4, -0.2) is 43.6 Å². The SMILES string of the molecule is CCCNC(=O)C[NH+](C)CC(=O)NCc1cc(C)c(O)c(C)c1. The molecule has 128 valence electrons. The number of phenols is 1. The van der Waals surface area contributed by atoms with Crippen LogP contribution in [0.5, 0.6) is 5.75 Å². The number of carbonyl (C=O) groups is 2. The van der Waals surface area contributed by atoms with E-state index in [2.05, 4.69) is 10.6 Å². The van der Waals surface area contributed by atoms with Crippen molar-refractivity contribution in [3.05, 3.63) is 28.8 Å². The van der Waals surface area contributed by atoms with Crippen molar-refractivity contribution in [2.24, 2.45) is 0 Å². The Kier molecular flexibility index (Phi) is 7.54. The van der Waals surface area contributed by atoms with E-state index in [1.54, 1.807) is 0 Å². The van der Waals surface area contributed by atoms with Crippen molar-refractivity contribution in [2.75, 3.05) is 26.7 Å². The molecular formula is C17H28N3O3+. The molecule has 0 fully saturated rings. The molecule has 0 heterocycles. The Morgan fingerprint density at radius 3 is 2.13 bits per heavy atom. The topological polar surface area (TPSA) is 82.9 Å². The smallest absolute Gasteiger partial charge is 0.275 e. The summed E-state index contributed by atoms with van der Waals surface area (Å²) in [7, 11) is 1.82. The van der Waals surface area contributed by atoms with Crippen LogP contribution in [0.2, 0.25) is 0 Å². The van der Waals surface area contributed by atoms with Crippen LogP contribution < -0.4 is 15.5 Å². The molecule has 2 amide bonds. The summed E-state index contributed by atoms with van der Waals surface area (Å²) in [6.07, 6.45) is 0.900. The number of hydrogen-bond donors (Lipinski definition) is 4. The summed E-state index contributed by atoms with van der Waals surface area (Å²) in [5, 5.41) is 15.4. The maximum absolute atomic E-state index is 11.9. The molecule has 1 atom stereocenters. The minimum absolute atomic E-state index is 0.0399. The van der Waals surface area contributed by atoms with Gasteiger partial charge >= 0.3 is 0 Å². The molecule has 4 N–H and O–H groups in total. The van der Waals surface area contributed by atoms with Gasteiger partial charge in [0.15, 0.2) is 13.1 Å². The number of phenolic OH excluding ortho intramolecular Hbond substituents is 1. The van der Waals surface area contributed by atoms with E-state index in [1.807, 2.05) is 40.0 Å². The maximum Gasteiger partial charge on any atom is 0.275 e. The number of hydrogen-bond acceptors (Lipinski definition) is 3. The Hall–Kier alpha value is -2.08. The van der Waals surface area contributed by atoms with Gasteiger partial charge in [-0.2, -0.15) is 0 Å². The summed E-state index contributed by atoms with van der Waals surface area (Å²) in [5.74, 6) is 0.151. The largest absolute Gasteiger partial charge is 0.507 e. The van der Waals surface area contributed by atoms with Gasteiger partial charge in [0.1, 0.15) is 5.75 Å². The van der Waals surface area contributed by atoms with E-state index in [4.69, 9.17) is 0 Å². The molecule has 0 radical (unpaired) electrons. The van der Waals surface area contributed by atoms with Crippen molar-refractivity contribution in [1.29, 1.82) is 0 Å². The van der Waals surface area contributed by atoms with E-state index in [0.717, 1.165) is 28.0 Å². The number of rotatable bonds is 8. The van der Waals surface area contributed by atoms with Crippen molar-refractivity contribution >= 4 is 11.8 Å². The van der Waals surface area contributed by atoms with Gasteiger partial charge in [0.05, 0.1) is 7.05 Å². The van der Waals surface area contributed by atoms with E-state index < -0.39 is 0 Å². The van der Waals surface area contributed by atoms with Crippen molar-refractivity contribution in [3.8, 4) is 5.75 Å². The summed E-state index contributed by atoms with van der Waals surface area (Å²) in [5.41, 5.74) is 2.54. The third-order valence-electron chi connectivity index (χ3n) is 3.54. The predicted octanol–water partition coefficient (Wildman–Crippen LogP) is -0.334. The van der Waals surface area contributed by atoms with Crippen LogP contribution in [-0.2, 0) is 16.1 Å². The lowest BCUT2D eigenvalue weighted by molar-refractivity contribution is -0.862. The minimum Gasteiger partial charge on any atom is -0.507 e. The second-order valence-electron chi connectivity index (χ2n) is 6.02. The van der Waals surface area contributed by atoms with Gasteiger partial charge in [-0.05, 0) is 37.0 Å². The number of aryl methyl sites for hydroxylation is 2. The molecule has 1 unspecified atom stereocenters. The second-order valence-corrected chi connectivity index (χ2v) is 6.02. The predicted molar refractivity (Wildman–Crippen MR) is 89.3 cm³/mol. The Bertz CT molecular complexity index is 535. The highest BCUT2D eigenvalue weighted by Gasteiger charge is 2.13. The number of carbonyl (C=O) groups excluding carboxylic acids is 2. The van der Waals surface area contributed by atoms with Gasteiger partial charge in [0.25, 0.3) is 11.8 Å². The molecule has 0 aliphatic rings. The van der Waals surface area contributed by atoms with E-state index in [9.17, 15) is 14.7 Å². The molecule has 1 aromatic carbocycles. The van der Waals surface area contributed by atoms with Crippen molar-refractivity contribution < 1.29 is 19.6 Å². The number of nitrogens with one attached hydrogen (secondary N) is 3. The lowest BCUT2D eigenvalue weighted by Crippen LogP contribution is -3.11. The number of benzene rings is 1. The Balaban J connectivity index is 2.41. The zero-order valence-electron chi connectivity index (χ0n) is 14.5. The van der Waals surface area contributed by atoms with Crippen LogP contribution in [0.1, 0.15) is 30.0 Å². The Morgan fingerprint density at radius 2 is 1.61 bits per heavy atom. The summed E-state index contributed by atoms with van der Waals surface area (Å²) in [6.45, 7) is 7.27. The van der Waals surface area contributed by atoms with Crippen LogP contribution in [0, 0.1) is 13.8 Å². The summed E-state index contributed by atoms with van der Waals surface area (Å²) in [6, 6.07) is 3.72. The molecule has 0 spiro atoms. The highest BCUT2D eigenvalue weighted by molar-refractivity contribution is 5.78. The quantitative estimate of drug-likeness (QED) is 0.529. The summed E-state index contributed by atoms with van der Waals surface area (Å²) < 4.78 is 0. The molecule has 0 bridgehead atoms. The molecule has 0 saturated heterocycles. The van der Waals surface area contributed by atoms with Gasteiger partial charge < -0.3 is 20.6 Å². The molecule has 0 aromatic heterocycles. The van der Waals surface area contributed by atoms with Crippen LogP contribution in [0.25, 0.3) is 0 Å². The van der Waals surface area contributed by atoms with E-state index >= 15 is 0 Å². The lowest BCUT2D eigenvalue weighted by atomic mass is 10.1. The first-order valence-corrected chi connectivity index (χ1v) is 7.97. The fourth-order valence-electron chi connectivity index (χ4n) is 2.35. The van der Waals surface area contributed by atoms with Crippen LogP contribution in [0.4, 0.5) is 0 Å². The van der Waals surface area contributed by atoms with Gasteiger partial charge in [-0.1, -0.05) is 19.1 Å². The maximum atomic E-state index is 11.9. The average Bonchev–Trinajstić information content (AvgIpc) is 2.48. The summed E-state index contributed by atoms with van der Waals surface area (Å²) in [4.78, 5) is 24.4. The fourth-order valence-corrected chi connectivity index (χ4v) is 2.35. The molecule has 6 heteroatoms. The Labute approximate surface area is 137 Å². The van der Waals surface area contributed by atoms with Gasteiger partial charge in [-0.15, -0.1) is 0 Å². The van der Waals surface area contributed by atoms with Crippen LogP contribution >= 0.6 is 0 Å². The van der Waals surface area contributed by atoms with E-state index in [1.165, 1.54) is 0 Å². The van der Waals surface area contributed by atoms with Gasteiger partial charge in [0.2, 0.25) is 0 Å². The highest BCUT2D eigenvalue weighted by Crippen LogP contribution is 2.22. The summed E-state index contributed by atoms with van der Waals surface area (Å²) >= 11 is 0. The molecule has 1 aromatic rings. The van der Waals surface area contributed by atoms with Gasteiger partial charge in [-0.3, -0.25) is 9.59 Å². The molecule has 1 rings (SSSR count). The first kappa shape index (κ1) is 19.0. The van der Waals surface area contributed by atoms with E-state index in [0.29, 0.717) is 18.8 Å². The van der Waals surface area contributed by atoms with Crippen LogP contribution in [0.15, 0.2) is 12.1 Å². The van der Waals surface area contributed by atoms with Crippen LogP contribution in [0.3, 0.4) is 0 Å². The van der Waals surface area contributed by atoms with E-state index in [-0.39, 0.29) is 24.9 Å². The molecule has 6 nitrogen and oxygen atoms in total. The van der Waals surface area contributed by atoms with Crippen molar-refractivity contribution in [3.63, 3.8) is 0 Å². The zero-order valence-corrected chi connectivity index (χ0v) is 14.5. The molecule has 0 aliphatic heterocycles. The monoisotopic (exact) mass is 322 g/mol. The standard InChI is InChI=1S/C17H27N3O3/c1-5-6-18-15(21)10-20(4)11-16(22)19-9-14-7-12(2)17(23)13(3)8-14/h7-8,23H,5-6,9-11H2,1-4H3,(H,18,21)(H,19,22)/p+1. The third-order valence-corrected chi connectivity index (χ3v) is 3.54. The Morgan fingerprint density at radius 1 is 1.09 bits per heavy atom. The molecular weight excluding hydrogens is 294 g/mol. The normalized spacial score (nSPS) is 11.8. The number of quaternary nitrogens is 1. The number of aromatic hydroxyl groups is 1. The first-order chi connectivity index (χ1) is 10.8.